The number of hydrogen-bond donors (Lipinski definition) is 2. The van der Waals surface area contributed by atoms with Gasteiger partial charge in [0.05, 0.1) is 5.84 Å². The van der Waals surface area contributed by atoms with Gasteiger partial charge in [0, 0.05) is 25.8 Å². The molecule has 0 aliphatic carbocycles. The van der Waals surface area contributed by atoms with Crippen LogP contribution in [0.15, 0.2) is 0 Å². The van der Waals surface area contributed by atoms with Crippen molar-refractivity contribution in [1.29, 1.82) is 5.41 Å². The molecule has 0 radical (unpaired) electrons. The van der Waals surface area contributed by atoms with E-state index in [1.54, 1.807) is 0 Å². The summed E-state index contributed by atoms with van der Waals surface area (Å²) in [4.78, 5) is 4.41. The molecule has 15 heavy (non-hydrogen) atoms. The van der Waals surface area contributed by atoms with Crippen LogP contribution < -0.4 is 5.73 Å². The summed E-state index contributed by atoms with van der Waals surface area (Å²) in [5, 5.41) is 11.5. The Kier molecular flexibility index (Phi) is 4.27. The molecule has 0 aliphatic rings. The van der Waals surface area contributed by atoms with Gasteiger partial charge >= 0.3 is 0 Å². The molecule has 0 atom stereocenters. The second kappa shape index (κ2) is 5.48. The Morgan fingerprint density at radius 1 is 1.40 bits per heavy atom. The van der Waals surface area contributed by atoms with Crippen LogP contribution in [-0.4, -0.2) is 20.6 Å². The van der Waals surface area contributed by atoms with Gasteiger partial charge in [-0.05, 0) is 6.42 Å². The van der Waals surface area contributed by atoms with Crippen LogP contribution in [0.1, 0.15) is 38.3 Å². The molecule has 0 unspecified atom stereocenters. The molecule has 0 saturated carbocycles. The van der Waals surface area contributed by atoms with Crippen molar-refractivity contribution in [2.24, 2.45) is 5.73 Å². The lowest BCUT2D eigenvalue weighted by Gasteiger charge is -2.03. The number of rotatable bonds is 6. The molecule has 0 saturated heterocycles. The van der Waals surface area contributed by atoms with Crippen LogP contribution in [0.5, 0.6) is 0 Å². The van der Waals surface area contributed by atoms with E-state index >= 15 is 0 Å². The molecule has 0 aliphatic heterocycles. The highest BCUT2D eigenvalue weighted by atomic mass is 15.3. The molecule has 0 spiro atoms. The number of nitrogens with two attached hydrogens (primary N) is 1. The Morgan fingerprint density at radius 2 is 2.13 bits per heavy atom. The molecule has 0 aromatic carbocycles. The van der Waals surface area contributed by atoms with Gasteiger partial charge in [-0.1, -0.05) is 13.8 Å². The predicted molar refractivity (Wildman–Crippen MR) is 59.9 cm³/mol. The van der Waals surface area contributed by atoms with E-state index in [0.717, 1.165) is 37.5 Å². The van der Waals surface area contributed by atoms with Crippen LogP contribution in [0.25, 0.3) is 0 Å². The Bertz CT molecular complexity index is 329. The number of amidine groups is 1. The lowest BCUT2D eigenvalue weighted by Crippen LogP contribution is -2.12. The van der Waals surface area contributed by atoms with Gasteiger partial charge < -0.3 is 5.73 Å². The van der Waals surface area contributed by atoms with Gasteiger partial charge in [-0.3, -0.25) is 5.41 Å². The maximum absolute atomic E-state index is 7.13. The average Bonchev–Trinajstić information content (AvgIpc) is 2.60. The molecular formula is C10H19N5. The lowest BCUT2D eigenvalue weighted by molar-refractivity contribution is 0.557. The molecule has 0 fully saturated rings. The van der Waals surface area contributed by atoms with E-state index in [2.05, 4.69) is 23.9 Å². The van der Waals surface area contributed by atoms with Gasteiger partial charge in [0.25, 0.3) is 0 Å². The summed E-state index contributed by atoms with van der Waals surface area (Å²) in [7, 11) is 0. The normalized spacial score (nSPS) is 10.5. The molecule has 5 heteroatoms. The molecule has 0 bridgehead atoms. The van der Waals surface area contributed by atoms with Gasteiger partial charge in [-0.15, -0.1) is 0 Å². The smallest absolute Gasteiger partial charge is 0.150 e. The van der Waals surface area contributed by atoms with Gasteiger partial charge in [0.15, 0.2) is 5.82 Å². The molecule has 1 heterocycles. The number of nitrogens with one attached hydrogen (secondary N) is 1. The van der Waals surface area contributed by atoms with Gasteiger partial charge in [-0.2, -0.15) is 5.10 Å². The minimum Gasteiger partial charge on any atom is -0.388 e. The van der Waals surface area contributed by atoms with E-state index in [4.69, 9.17) is 11.1 Å². The molecular weight excluding hydrogens is 190 g/mol. The van der Waals surface area contributed by atoms with Crippen molar-refractivity contribution in [3.05, 3.63) is 11.6 Å². The van der Waals surface area contributed by atoms with Crippen LogP contribution in [0.2, 0.25) is 0 Å². The maximum Gasteiger partial charge on any atom is 0.150 e. The topological polar surface area (TPSA) is 80.6 Å². The SMILES string of the molecule is CCc1nc(CC)n(CCCC(=N)N)n1. The van der Waals surface area contributed by atoms with Crippen molar-refractivity contribution in [3.63, 3.8) is 0 Å². The molecule has 1 aromatic rings. The Morgan fingerprint density at radius 3 is 2.67 bits per heavy atom. The minimum absolute atomic E-state index is 0.240. The van der Waals surface area contributed by atoms with Gasteiger partial charge in [0.2, 0.25) is 0 Å². The van der Waals surface area contributed by atoms with Crippen molar-refractivity contribution in [2.75, 3.05) is 0 Å². The van der Waals surface area contributed by atoms with Crippen molar-refractivity contribution >= 4 is 5.84 Å². The number of aromatic nitrogens is 3. The summed E-state index contributed by atoms with van der Waals surface area (Å²) in [5.41, 5.74) is 5.30. The highest BCUT2D eigenvalue weighted by molar-refractivity contribution is 5.76. The zero-order chi connectivity index (χ0) is 11.3. The second-order valence-corrected chi connectivity index (χ2v) is 3.50. The lowest BCUT2D eigenvalue weighted by atomic mass is 10.3. The van der Waals surface area contributed by atoms with E-state index in [1.807, 2.05) is 4.68 Å². The summed E-state index contributed by atoms with van der Waals surface area (Å²) in [5.74, 6) is 2.16. The predicted octanol–water partition coefficient (Wildman–Crippen LogP) is 1.12. The molecule has 3 N–H and O–H groups in total. The Hall–Kier alpha value is -1.39. The van der Waals surface area contributed by atoms with Crippen LogP contribution in [0, 0.1) is 5.41 Å². The molecule has 1 aromatic heterocycles. The highest BCUT2D eigenvalue weighted by Gasteiger charge is 2.06. The fourth-order valence-electron chi connectivity index (χ4n) is 1.44. The Balaban J connectivity index is 2.58. The van der Waals surface area contributed by atoms with E-state index < -0.39 is 0 Å². The quantitative estimate of drug-likeness (QED) is 0.544. The van der Waals surface area contributed by atoms with Crippen molar-refractivity contribution < 1.29 is 0 Å². The van der Waals surface area contributed by atoms with E-state index in [9.17, 15) is 0 Å². The summed E-state index contributed by atoms with van der Waals surface area (Å²) >= 11 is 0. The number of aryl methyl sites for hydroxylation is 3. The second-order valence-electron chi connectivity index (χ2n) is 3.50. The van der Waals surface area contributed by atoms with Crippen molar-refractivity contribution in [2.45, 2.75) is 46.1 Å². The standard InChI is InChI=1S/C10H19N5/c1-3-9-13-10(4-2)15(14-9)7-5-6-8(11)12/h3-7H2,1-2H3,(H3,11,12). The first-order chi connectivity index (χ1) is 7.17. The van der Waals surface area contributed by atoms with Gasteiger partial charge in [0.1, 0.15) is 5.82 Å². The third kappa shape index (κ3) is 3.34. The zero-order valence-corrected chi connectivity index (χ0v) is 9.45. The zero-order valence-electron chi connectivity index (χ0n) is 9.45. The minimum atomic E-state index is 0.240. The summed E-state index contributed by atoms with van der Waals surface area (Å²) in [6, 6.07) is 0. The third-order valence-electron chi connectivity index (χ3n) is 2.24. The van der Waals surface area contributed by atoms with E-state index in [-0.39, 0.29) is 5.84 Å². The molecule has 0 amide bonds. The van der Waals surface area contributed by atoms with Crippen LogP contribution >= 0.6 is 0 Å². The third-order valence-corrected chi connectivity index (χ3v) is 2.24. The molecule has 5 nitrogen and oxygen atoms in total. The first-order valence-corrected chi connectivity index (χ1v) is 5.42. The van der Waals surface area contributed by atoms with Crippen LogP contribution in [-0.2, 0) is 19.4 Å². The number of hydrogen-bond acceptors (Lipinski definition) is 3. The highest BCUT2D eigenvalue weighted by Crippen LogP contribution is 2.03. The first-order valence-electron chi connectivity index (χ1n) is 5.42. The number of nitrogens with zero attached hydrogens (tertiary/aromatic N) is 3. The molecule has 1 rings (SSSR count). The summed E-state index contributed by atoms with van der Waals surface area (Å²) < 4.78 is 1.93. The van der Waals surface area contributed by atoms with E-state index in [1.165, 1.54) is 0 Å². The van der Waals surface area contributed by atoms with Crippen LogP contribution in [0.4, 0.5) is 0 Å². The van der Waals surface area contributed by atoms with Crippen molar-refractivity contribution in [1.82, 2.24) is 14.8 Å². The van der Waals surface area contributed by atoms with Crippen molar-refractivity contribution in [3.8, 4) is 0 Å². The fraction of sp³-hybridized carbons (Fsp3) is 0.700. The largest absolute Gasteiger partial charge is 0.388 e. The fourth-order valence-corrected chi connectivity index (χ4v) is 1.44. The van der Waals surface area contributed by atoms with E-state index in [0.29, 0.717) is 6.42 Å². The van der Waals surface area contributed by atoms with Gasteiger partial charge in [-0.25, -0.2) is 9.67 Å². The first kappa shape index (κ1) is 11.7. The monoisotopic (exact) mass is 209 g/mol. The summed E-state index contributed by atoms with van der Waals surface area (Å²) in [6.07, 6.45) is 3.25. The Labute approximate surface area is 90.2 Å². The van der Waals surface area contributed by atoms with Crippen LogP contribution in [0.3, 0.4) is 0 Å². The maximum atomic E-state index is 7.13. The summed E-state index contributed by atoms with van der Waals surface area (Å²) in [6.45, 7) is 4.93. The molecule has 84 valence electrons. The average molecular weight is 209 g/mol.